The first-order chi connectivity index (χ1) is 8.58. The number of rotatable bonds is 4. The molecule has 0 amide bonds. The van der Waals surface area contributed by atoms with Gasteiger partial charge in [-0.1, -0.05) is 29.3 Å². The van der Waals surface area contributed by atoms with Gasteiger partial charge in [0.05, 0.1) is 10.7 Å². The maximum atomic E-state index is 5.58. The van der Waals surface area contributed by atoms with Crippen molar-refractivity contribution in [2.45, 2.75) is 33.6 Å². The molecular weight excluding hydrogens is 240 g/mol. The molecule has 3 heteroatoms. The minimum absolute atomic E-state index is 0.677. The van der Waals surface area contributed by atoms with Gasteiger partial charge in [0.2, 0.25) is 0 Å². The Hall–Kier alpha value is -1.19. The second-order valence-corrected chi connectivity index (χ2v) is 6.00. The van der Waals surface area contributed by atoms with E-state index >= 15 is 0 Å². The molecular formula is C15H20N2S. The SMILES string of the molecule is Cc1cc(C)cc(Cc2sc(CCN)nc2C)c1. The summed E-state index contributed by atoms with van der Waals surface area (Å²) in [5.74, 6) is 0. The van der Waals surface area contributed by atoms with E-state index in [-0.39, 0.29) is 0 Å². The molecule has 1 aromatic heterocycles. The van der Waals surface area contributed by atoms with Crippen LogP contribution in [0.5, 0.6) is 0 Å². The highest BCUT2D eigenvalue weighted by Gasteiger charge is 2.08. The van der Waals surface area contributed by atoms with Crippen molar-refractivity contribution in [3.05, 3.63) is 50.5 Å². The summed E-state index contributed by atoms with van der Waals surface area (Å²) in [5, 5.41) is 1.16. The Labute approximate surface area is 113 Å². The monoisotopic (exact) mass is 260 g/mol. The van der Waals surface area contributed by atoms with E-state index in [4.69, 9.17) is 5.73 Å². The zero-order valence-electron chi connectivity index (χ0n) is 11.3. The Balaban J connectivity index is 2.22. The van der Waals surface area contributed by atoms with Crippen LogP contribution in [0.3, 0.4) is 0 Å². The van der Waals surface area contributed by atoms with E-state index < -0.39 is 0 Å². The Morgan fingerprint density at radius 1 is 1.11 bits per heavy atom. The zero-order valence-corrected chi connectivity index (χ0v) is 12.1. The summed E-state index contributed by atoms with van der Waals surface area (Å²) in [6.07, 6.45) is 1.87. The number of thiazole rings is 1. The molecule has 0 aliphatic heterocycles. The first-order valence-electron chi connectivity index (χ1n) is 6.31. The average molecular weight is 260 g/mol. The lowest BCUT2D eigenvalue weighted by molar-refractivity contribution is 0.943. The second-order valence-electron chi connectivity index (χ2n) is 4.83. The van der Waals surface area contributed by atoms with Crippen LogP contribution in [0.25, 0.3) is 0 Å². The van der Waals surface area contributed by atoms with Gasteiger partial charge in [0, 0.05) is 17.7 Å². The van der Waals surface area contributed by atoms with E-state index in [2.05, 4.69) is 44.0 Å². The number of aryl methyl sites for hydroxylation is 3. The summed E-state index contributed by atoms with van der Waals surface area (Å²) in [6.45, 7) is 7.07. The number of aromatic nitrogens is 1. The number of hydrogen-bond donors (Lipinski definition) is 1. The van der Waals surface area contributed by atoms with Crippen LogP contribution in [0.2, 0.25) is 0 Å². The van der Waals surface area contributed by atoms with Gasteiger partial charge >= 0.3 is 0 Å². The van der Waals surface area contributed by atoms with Crippen molar-refractivity contribution >= 4 is 11.3 Å². The third-order valence-corrected chi connectivity index (χ3v) is 4.16. The third kappa shape index (κ3) is 3.18. The van der Waals surface area contributed by atoms with E-state index in [0.717, 1.165) is 23.5 Å². The lowest BCUT2D eigenvalue weighted by Gasteiger charge is -2.04. The zero-order chi connectivity index (χ0) is 13.1. The molecule has 0 saturated carbocycles. The van der Waals surface area contributed by atoms with Gasteiger partial charge in [0.1, 0.15) is 0 Å². The first kappa shape index (κ1) is 13.2. The van der Waals surface area contributed by atoms with Crippen molar-refractivity contribution in [1.29, 1.82) is 0 Å². The van der Waals surface area contributed by atoms with Crippen LogP contribution < -0.4 is 5.73 Å². The highest BCUT2D eigenvalue weighted by molar-refractivity contribution is 7.11. The van der Waals surface area contributed by atoms with E-state index in [1.807, 2.05) is 0 Å². The molecule has 2 aromatic rings. The Morgan fingerprint density at radius 2 is 1.78 bits per heavy atom. The van der Waals surface area contributed by atoms with Crippen molar-refractivity contribution in [2.24, 2.45) is 5.73 Å². The maximum Gasteiger partial charge on any atom is 0.0943 e. The number of nitrogens with zero attached hydrogens (tertiary/aromatic N) is 1. The molecule has 18 heavy (non-hydrogen) atoms. The van der Waals surface area contributed by atoms with Crippen molar-refractivity contribution in [1.82, 2.24) is 4.98 Å². The fourth-order valence-electron chi connectivity index (χ4n) is 2.24. The maximum absolute atomic E-state index is 5.58. The minimum Gasteiger partial charge on any atom is -0.330 e. The summed E-state index contributed by atoms with van der Waals surface area (Å²) >= 11 is 1.80. The highest BCUT2D eigenvalue weighted by Crippen LogP contribution is 2.22. The average Bonchev–Trinajstić information content (AvgIpc) is 2.58. The molecule has 0 aliphatic rings. The van der Waals surface area contributed by atoms with Gasteiger partial charge in [0.15, 0.2) is 0 Å². The summed E-state index contributed by atoms with van der Waals surface area (Å²) in [5.41, 5.74) is 10.8. The molecule has 0 bridgehead atoms. The van der Waals surface area contributed by atoms with Gasteiger partial charge in [-0.15, -0.1) is 11.3 Å². The summed E-state index contributed by atoms with van der Waals surface area (Å²) < 4.78 is 0. The molecule has 0 fully saturated rings. The first-order valence-corrected chi connectivity index (χ1v) is 7.12. The van der Waals surface area contributed by atoms with Gasteiger partial charge in [-0.05, 0) is 32.9 Å². The Morgan fingerprint density at radius 3 is 2.39 bits per heavy atom. The molecule has 1 heterocycles. The topological polar surface area (TPSA) is 38.9 Å². The van der Waals surface area contributed by atoms with E-state index in [1.165, 1.54) is 21.6 Å². The highest BCUT2D eigenvalue weighted by atomic mass is 32.1. The molecule has 0 radical (unpaired) electrons. The molecule has 2 nitrogen and oxygen atoms in total. The quantitative estimate of drug-likeness (QED) is 0.917. The Bertz CT molecular complexity index is 523. The van der Waals surface area contributed by atoms with E-state index in [9.17, 15) is 0 Å². The number of benzene rings is 1. The van der Waals surface area contributed by atoms with Crippen molar-refractivity contribution in [2.75, 3.05) is 6.54 Å². The molecule has 0 saturated heterocycles. The van der Waals surface area contributed by atoms with Gasteiger partial charge in [-0.3, -0.25) is 0 Å². The summed E-state index contributed by atoms with van der Waals surface area (Å²) in [4.78, 5) is 5.94. The molecule has 96 valence electrons. The largest absolute Gasteiger partial charge is 0.330 e. The fourth-order valence-corrected chi connectivity index (χ4v) is 3.36. The predicted octanol–water partition coefficient (Wildman–Crippen LogP) is 3.16. The van der Waals surface area contributed by atoms with Crippen LogP contribution in [0.4, 0.5) is 0 Å². The van der Waals surface area contributed by atoms with Crippen molar-refractivity contribution < 1.29 is 0 Å². The van der Waals surface area contributed by atoms with Gasteiger partial charge < -0.3 is 5.73 Å². The molecule has 2 N–H and O–H groups in total. The predicted molar refractivity (Wildman–Crippen MR) is 78.3 cm³/mol. The number of hydrogen-bond acceptors (Lipinski definition) is 3. The normalized spacial score (nSPS) is 10.9. The van der Waals surface area contributed by atoms with Crippen LogP contribution in [0.15, 0.2) is 18.2 Å². The smallest absolute Gasteiger partial charge is 0.0943 e. The molecule has 0 atom stereocenters. The van der Waals surface area contributed by atoms with Gasteiger partial charge in [-0.25, -0.2) is 4.98 Å². The van der Waals surface area contributed by atoms with Crippen molar-refractivity contribution in [3.8, 4) is 0 Å². The van der Waals surface area contributed by atoms with E-state index in [1.54, 1.807) is 11.3 Å². The second kappa shape index (κ2) is 5.63. The third-order valence-electron chi connectivity index (χ3n) is 2.94. The standard InChI is InChI=1S/C15H20N2S/c1-10-6-11(2)8-13(7-10)9-14-12(3)17-15(18-14)4-5-16/h6-8H,4-5,9,16H2,1-3H3. The minimum atomic E-state index is 0.677. The van der Waals surface area contributed by atoms with Gasteiger partial charge in [0.25, 0.3) is 0 Å². The molecule has 0 spiro atoms. The Kier molecular flexibility index (Phi) is 4.15. The molecule has 1 aromatic carbocycles. The van der Waals surface area contributed by atoms with Gasteiger partial charge in [-0.2, -0.15) is 0 Å². The molecule has 0 unspecified atom stereocenters. The van der Waals surface area contributed by atoms with E-state index in [0.29, 0.717) is 6.54 Å². The fraction of sp³-hybridized carbons (Fsp3) is 0.400. The van der Waals surface area contributed by atoms with Crippen LogP contribution in [-0.2, 0) is 12.8 Å². The lowest BCUT2D eigenvalue weighted by atomic mass is 10.0. The number of nitrogens with two attached hydrogens (primary N) is 1. The summed E-state index contributed by atoms with van der Waals surface area (Å²) in [7, 11) is 0. The van der Waals surface area contributed by atoms with Crippen LogP contribution in [0, 0.1) is 20.8 Å². The summed E-state index contributed by atoms with van der Waals surface area (Å²) in [6, 6.07) is 6.73. The van der Waals surface area contributed by atoms with Crippen LogP contribution in [0.1, 0.15) is 32.3 Å². The van der Waals surface area contributed by atoms with Crippen LogP contribution >= 0.6 is 11.3 Å². The molecule has 2 rings (SSSR count). The van der Waals surface area contributed by atoms with Crippen LogP contribution in [-0.4, -0.2) is 11.5 Å². The lowest BCUT2D eigenvalue weighted by Crippen LogP contribution is -2.01. The van der Waals surface area contributed by atoms with Crippen molar-refractivity contribution in [3.63, 3.8) is 0 Å². The molecule has 0 aliphatic carbocycles.